The first-order valence-corrected chi connectivity index (χ1v) is 16.3. The van der Waals surface area contributed by atoms with Gasteiger partial charge in [0.15, 0.2) is 11.0 Å². The van der Waals surface area contributed by atoms with Crippen LogP contribution in [0.2, 0.25) is 0 Å². The number of rotatable bonds is 12. The molecule has 6 N–H and O–H groups in total. The number of amides is 2. The van der Waals surface area contributed by atoms with Crippen molar-refractivity contribution in [2.24, 2.45) is 0 Å². The highest BCUT2D eigenvalue weighted by Gasteiger charge is 2.46. The van der Waals surface area contributed by atoms with Gasteiger partial charge in [-0.05, 0) is 98.7 Å². The van der Waals surface area contributed by atoms with Crippen LogP contribution in [0.4, 0.5) is 0 Å². The molecule has 3 atom stereocenters. The summed E-state index contributed by atoms with van der Waals surface area (Å²) in [6, 6.07) is -0.371. The molecule has 0 saturated carbocycles. The predicted octanol–water partition coefficient (Wildman–Crippen LogP) is 1.38. The molecular formula is C33H41N4O6S+. The number of nitrogens with one attached hydrogen (secondary N) is 4. The first-order chi connectivity index (χ1) is 20.9. The van der Waals surface area contributed by atoms with Crippen LogP contribution in [0, 0.1) is 13.8 Å². The summed E-state index contributed by atoms with van der Waals surface area (Å²) < 4.78 is 0. The molecule has 2 aromatic rings. The quantitative estimate of drug-likeness (QED) is 0.119. The van der Waals surface area contributed by atoms with Crippen molar-refractivity contribution >= 4 is 47.7 Å². The summed E-state index contributed by atoms with van der Waals surface area (Å²) in [5.74, 6) is -0.843. The summed E-state index contributed by atoms with van der Waals surface area (Å²) in [4.78, 5) is 55.1. The molecular weight excluding hydrogens is 580 g/mol. The second-order valence-electron chi connectivity index (χ2n) is 11.9. The first kappa shape index (κ1) is 31.4. The Bertz CT molecular complexity index is 1740. The van der Waals surface area contributed by atoms with Crippen molar-refractivity contribution in [3.8, 4) is 0 Å². The minimum absolute atomic E-state index is 0.0386. The van der Waals surface area contributed by atoms with E-state index in [1.54, 1.807) is 0 Å². The predicted molar refractivity (Wildman–Crippen MR) is 171 cm³/mol. The molecule has 3 aliphatic rings. The van der Waals surface area contributed by atoms with Gasteiger partial charge in [-0.2, -0.15) is 0 Å². The number of hydrogen-bond acceptors (Lipinski definition) is 4. The summed E-state index contributed by atoms with van der Waals surface area (Å²) in [7, 11) is 0. The van der Waals surface area contributed by atoms with Crippen LogP contribution in [-0.4, -0.2) is 67.0 Å². The second-order valence-corrected chi connectivity index (χ2v) is 13.3. The van der Waals surface area contributed by atoms with Gasteiger partial charge in [0.1, 0.15) is 0 Å². The molecule has 3 aliphatic heterocycles. The molecule has 2 aromatic heterocycles. The van der Waals surface area contributed by atoms with Crippen LogP contribution in [0.5, 0.6) is 0 Å². The Morgan fingerprint density at radius 3 is 2.16 bits per heavy atom. The third kappa shape index (κ3) is 6.29. The fourth-order valence-corrected chi connectivity index (χ4v) is 7.40. The van der Waals surface area contributed by atoms with Crippen LogP contribution in [-0.2, 0) is 50.2 Å². The fourth-order valence-electron chi connectivity index (χ4n) is 6.55. The number of aromatic amines is 2. The highest BCUT2D eigenvalue weighted by Crippen LogP contribution is 2.31. The molecule has 0 aliphatic carbocycles. The number of hydrogen-bond donors (Lipinski definition) is 6. The number of carbonyl (C=O) groups is 4. The lowest BCUT2D eigenvalue weighted by Gasteiger charge is -2.12. The molecule has 5 rings (SSSR count). The molecule has 44 heavy (non-hydrogen) atoms. The second kappa shape index (κ2) is 12.6. The Balaban J connectivity index is 1.60. The average molecular weight is 622 g/mol. The minimum atomic E-state index is -0.896. The molecule has 0 bridgehead atoms. The maximum atomic E-state index is 12.5. The number of carboxylic acids is 2. The van der Waals surface area contributed by atoms with Crippen LogP contribution < -0.4 is 21.3 Å². The molecule has 1 fully saturated rings. The van der Waals surface area contributed by atoms with Gasteiger partial charge in [0.05, 0.1) is 12.1 Å². The number of aliphatic carboxylic acids is 2. The first-order valence-electron chi connectivity index (χ1n) is 15.1. The Hall–Kier alpha value is -3.99. The SMILES string of the molecule is CCC1=C(C)[C@@H](Cc2[nH]c(/C=c3\[nH]/c(=C/[C@@H]4NC(=O)C(C)=C4[C@@H]4C[SH+]4)c(C)c3CCC(=O)O)c(CCC(=O)O)c2C)NC1=O. The topological polar surface area (TPSA) is 164 Å². The Morgan fingerprint density at radius 1 is 0.909 bits per heavy atom. The lowest BCUT2D eigenvalue weighted by molar-refractivity contribution is -0.138. The molecule has 11 heteroatoms. The van der Waals surface area contributed by atoms with E-state index < -0.39 is 11.9 Å². The largest absolute Gasteiger partial charge is 0.481 e. The molecule has 10 nitrogen and oxygen atoms in total. The molecule has 5 heterocycles. The number of carboxylic acid groups (broad SMARTS) is 2. The molecule has 234 valence electrons. The van der Waals surface area contributed by atoms with E-state index in [-0.39, 0.29) is 36.7 Å². The van der Waals surface area contributed by atoms with E-state index in [0.717, 1.165) is 72.4 Å². The summed E-state index contributed by atoms with van der Waals surface area (Å²) in [5, 5.41) is 27.1. The van der Waals surface area contributed by atoms with Gasteiger partial charge >= 0.3 is 11.9 Å². The van der Waals surface area contributed by atoms with E-state index in [4.69, 9.17) is 0 Å². The molecule has 0 spiro atoms. The molecule has 0 aromatic carbocycles. The minimum Gasteiger partial charge on any atom is -0.481 e. The van der Waals surface area contributed by atoms with E-state index in [0.29, 0.717) is 30.9 Å². The molecule has 2 amide bonds. The molecule has 0 unspecified atom stereocenters. The summed E-state index contributed by atoms with van der Waals surface area (Å²) >= 11 is 1.32. The number of H-pyrrole nitrogens is 2. The smallest absolute Gasteiger partial charge is 0.303 e. The third-order valence-electron chi connectivity index (χ3n) is 9.23. The van der Waals surface area contributed by atoms with Crippen molar-refractivity contribution < 1.29 is 29.4 Å². The normalized spacial score (nSPS) is 22.3. The van der Waals surface area contributed by atoms with Gasteiger partial charge in [0.2, 0.25) is 11.8 Å². The fraction of sp³-hybridized carbons (Fsp3) is 0.455. The summed E-state index contributed by atoms with van der Waals surface area (Å²) in [6.07, 6.45) is 5.72. The van der Waals surface area contributed by atoms with Gasteiger partial charge in [-0.1, -0.05) is 6.92 Å². The number of carbonyl (C=O) groups excluding carboxylic acids is 2. The van der Waals surface area contributed by atoms with E-state index in [1.165, 1.54) is 11.8 Å². The molecule has 1 saturated heterocycles. The van der Waals surface area contributed by atoms with E-state index in [1.807, 2.05) is 46.8 Å². The highest BCUT2D eigenvalue weighted by atomic mass is 32.2. The standard InChI is InChI=1S/C33H40N4O6S/c1-6-19-15(2)24(36-33(19)43)11-22-16(3)20(7-9-29(38)39)25(34-22)13-26-21(8-10-30(40)41)17(4)23(35-26)12-27-31(28-14-44-28)18(5)32(42)37-27/h12-13,24,27-28,34-35H,6-11,14H2,1-5H3,(H,36,43)(H,37,42)(H,38,39)(H,40,41)/p+1/b23-12+,26-13-/t24-,27+,28+/m1/s1. The van der Waals surface area contributed by atoms with Crippen molar-refractivity contribution in [2.45, 2.75) is 90.5 Å². The van der Waals surface area contributed by atoms with Crippen molar-refractivity contribution in [2.75, 3.05) is 5.75 Å². The van der Waals surface area contributed by atoms with E-state index in [2.05, 4.69) is 20.6 Å². The average Bonchev–Trinajstić information content (AvgIpc) is 3.53. The third-order valence-corrected chi connectivity index (χ3v) is 10.2. The maximum absolute atomic E-state index is 12.5. The lowest BCUT2D eigenvalue weighted by atomic mass is 9.98. The summed E-state index contributed by atoms with van der Waals surface area (Å²) in [5.41, 5.74) is 9.01. The van der Waals surface area contributed by atoms with Crippen molar-refractivity contribution in [1.82, 2.24) is 20.6 Å². The maximum Gasteiger partial charge on any atom is 0.303 e. The Kier molecular flexibility index (Phi) is 8.97. The van der Waals surface area contributed by atoms with Crippen molar-refractivity contribution in [3.63, 3.8) is 0 Å². The highest BCUT2D eigenvalue weighted by molar-refractivity contribution is 7.87. The van der Waals surface area contributed by atoms with Crippen molar-refractivity contribution in [3.05, 3.63) is 66.6 Å². The monoisotopic (exact) mass is 621 g/mol. The zero-order chi connectivity index (χ0) is 31.9. The van der Waals surface area contributed by atoms with Crippen LogP contribution >= 0.6 is 0 Å². The number of aromatic nitrogens is 2. The van der Waals surface area contributed by atoms with Crippen LogP contribution in [0.25, 0.3) is 12.2 Å². The van der Waals surface area contributed by atoms with Gasteiger partial charge in [-0.3, -0.25) is 19.2 Å². The van der Waals surface area contributed by atoms with E-state index in [9.17, 15) is 29.4 Å². The Labute approximate surface area is 260 Å². The van der Waals surface area contributed by atoms with Crippen molar-refractivity contribution in [1.29, 1.82) is 0 Å². The lowest BCUT2D eigenvalue weighted by Crippen LogP contribution is -2.30. The Morgan fingerprint density at radius 2 is 1.57 bits per heavy atom. The number of thiol groups is 1. The van der Waals surface area contributed by atoms with Gasteiger partial charge in [0, 0.05) is 58.1 Å². The van der Waals surface area contributed by atoms with Gasteiger partial charge < -0.3 is 30.8 Å². The van der Waals surface area contributed by atoms with Gasteiger partial charge in [0.25, 0.3) is 0 Å². The summed E-state index contributed by atoms with van der Waals surface area (Å²) in [6.45, 7) is 9.74. The van der Waals surface area contributed by atoms with Gasteiger partial charge in [-0.25, -0.2) is 0 Å². The van der Waals surface area contributed by atoms with Crippen LogP contribution in [0.1, 0.15) is 73.7 Å². The van der Waals surface area contributed by atoms with E-state index >= 15 is 0 Å². The van der Waals surface area contributed by atoms with Crippen LogP contribution in [0.15, 0.2) is 22.3 Å². The zero-order valence-corrected chi connectivity index (χ0v) is 26.7. The molecule has 0 radical (unpaired) electrons. The zero-order valence-electron chi connectivity index (χ0n) is 25.8. The van der Waals surface area contributed by atoms with Gasteiger partial charge in [-0.15, -0.1) is 0 Å². The van der Waals surface area contributed by atoms with Crippen LogP contribution in [0.3, 0.4) is 0 Å².